The molecule has 0 saturated heterocycles. The van der Waals surface area contributed by atoms with Gasteiger partial charge in [0.1, 0.15) is 11.6 Å². The monoisotopic (exact) mass is 290 g/mol. The van der Waals surface area contributed by atoms with Gasteiger partial charge in [-0.2, -0.15) is 0 Å². The van der Waals surface area contributed by atoms with Gasteiger partial charge in [0.15, 0.2) is 0 Å². The second-order valence-electron chi connectivity index (χ2n) is 5.63. The van der Waals surface area contributed by atoms with Crippen molar-refractivity contribution in [1.82, 2.24) is 0 Å². The summed E-state index contributed by atoms with van der Waals surface area (Å²) in [7, 11) is 0. The fourth-order valence-corrected chi connectivity index (χ4v) is 2.36. The standard InChI is InChI=1S/C17H20F2N2/c1-10(13-6-14(18)8-15(19)7-13)5-17-11(2)4-16(20)12(3)9-21-17/h4,6-8,10H,5,9,20H2,1-3H3. The topological polar surface area (TPSA) is 38.4 Å². The number of nitrogens with zero attached hydrogens (tertiary/aromatic N) is 1. The van der Waals surface area contributed by atoms with Crippen LogP contribution < -0.4 is 5.73 Å². The van der Waals surface area contributed by atoms with Crippen molar-refractivity contribution in [3.05, 3.63) is 58.3 Å². The van der Waals surface area contributed by atoms with Crippen LogP contribution in [0.15, 0.2) is 46.1 Å². The Morgan fingerprint density at radius 2 is 1.81 bits per heavy atom. The number of benzene rings is 1. The van der Waals surface area contributed by atoms with Crippen LogP contribution in [0.3, 0.4) is 0 Å². The van der Waals surface area contributed by atoms with Crippen LogP contribution in [0.2, 0.25) is 0 Å². The van der Waals surface area contributed by atoms with Gasteiger partial charge in [0.05, 0.1) is 6.54 Å². The zero-order chi connectivity index (χ0) is 15.6. The van der Waals surface area contributed by atoms with E-state index in [1.165, 1.54) is 12.1 Å². The molecule has 1 atom stereocenters. The summed E-state index contributed by atoms with van der Waals surface area (Å²) in [5.74, 6) is -1.11. The molecule has 0 fully saturated rings. The van der Waals surface area contributed by atoms with E-state index in [2.05, 4.69) is 4.99 Å². The van der Waals surface area contributed by atoms with E-state index < -0.39 is 11.6 Å². The van der Waals surface area contributed by atoms with E-state index in [9.17, 15) is 8.78 Å². The number of rotatable bonds is 3. The number of hydrogen-bond donors (Lipinski definition) is 1. The number of aliphatic imine (C=N–C) groups is 1. The Bertz CT molecular complexity index is 622. The number of allylic oxidation sites excluding steroid dienone is 2. The highest BCUT2D eigenvalue weighted by atomic mass is 19.1. The number of halogens is 2. The third-order valence-electron chi connectivity index (χ3n) is 3.78. The van der Waals surface area contributed by atoms with E-state index in [1.54, 1.807) is 0 Å². The Kier molecular flexibility index (Phi) is 4.56. The number of nitrogens with two attached hydrogens (primary N) is 1. The fourth-order valence-electron chi connectivity index (χ4n) is 2.36. The average Bonchev–Trinajstić information content (AvgIpc) is 2.51. The molecule has 1 heterocycles. The zero-order valence-electron chi connectivity index (χ0n) is 12.6. The van der Waals surface area contributed by atoms with Gasteiger partial charge in [-0.05, 0) is 61.1 Å². The van der Waals surface area contributed by atoms with Crippen LogP contribution in [-0.4, -0.2) is 12.3 Å². The summed E-state index contributed by atoms with van der Waals surface area (Å²) in [6, 6.07) is 3.64. The van der Waals surface area contributed by atoms with Crippen LogP contribution in [0, 0.1) is 11.6 Å². The van der Waals surface area contributed by atoms with Gasteiger partial charge in [0, 0.05) is 17.5 Å². The van der Waals surface area contributed by atoms with Crippen LogP contribution in [0.4, 0.5) is 8.78 Å². The van der Waals surface area contributed by atoms with Gasteiger partial charge in [-0.25, -0.2) is 8.78 Å². The predicted molar refractivity (Wildman–Crippen MR) is 82.3 cm³/mol. The van der Waals surface area contributed by atoms with Crippen molar-refractivity contribution < 1.29 is 8.78 Å². The van der Waals surface area contributed by atoms with Gasteiger partial charge in [-0.15, -0.1) is 0 Å². The molecule has 1 aromatic carbocycles. The third kappa shape index (κ3) is 3.78. The first-order valence-corrected chi connectivity index (χ1v) is 7.00. The molecule has 0 saturated carbocycles. The van der Waals surface area contributed by atoms with E-state index in [0.29, 0.717) is 18.5 Å². The molecule has 0 bridgehead atoms. The highest BCUT2D eigenvalue weighted by Crippen LogP contribution is 2.24. The van der Waals surface area contributed by atoms with Gasteiger partial charge in [0.2, 0.25) is 0 Å². The van der Waals surface area contributed by atoms with Crippen molar-refractivity contribution in [3.8, 4) is 0 Å². The Morgan fingerprint density at radius 1 is 1.19 bits per heavy atom. The van der Waals surface area contributed by atoms with Gasteiger partial charge in [0.25, 0.3) is 0 Å². The second-order valence-corrected chi connectivity index (χ2v) is 5.63. The molecule has 2 N–H and O–H groups in total. The lowest BCUT2D eigenvalue weighted by molar-refractivity contribution is 0.576. The molecule has 0 aliphatic carbocycles. The number of hydrogen-bond acceptors (Lipinski definition) is 2. The van der Waals surface area contributed by atoms with Crippen molar-refractivity contribution in [2.45, 2.75) is 33.1 Å². The molecular formula is C17H20F2N2. The van der Waals surface area contributed by atoms with Gasteiger partial charge in [-0.1, -0.05) is 6.92 Å². The lowest BCUT2D eigenvalue weighted by Gasteiger charge is -2.14. The summed E-state index contributed by atoms with van der Waals surface area (Å²) in [6.45, 7) is 6.43. The third-order valence-corrected chi connectivity index (χ3v) is 3.78. The van der Waals surface area contributed by atoms with Crippen LogP contribution in [0.25, 0.3) is 0 Å². The summed E-state index contributed by atoms with van der Waals surface area (Å²) >= 11 is 0. The molecule has 1 aromatic rings. The molecular weight excluding hydrogens is 270 g/mol. The molecule has 112 valence electrons. The smallest absolute Gasteiger partial charge is 0.126 e. The first-order chi connectivity index (χ1) is 9.86. The quantitative estimate of drug-likeness (QED) is 0.894. The fraction of sp³-hybridized carbons (Fsp3) is 0.353. The van der Waals surface area contributed by atoms with Crippen molar-refractivity contribution in [2.24, 2.45) is 10.7 Å². The van der Waals surface area contributed by atoms with Gasteiger partial charge in [-0.3, -0.25) is 4.99 Å². The SMILES string of the molecule is CC1=CC(N)=C(C)CN=C1CC(C)c1cc(F)cc(F)c1. The molecule has 1 aliphatic heterocycles. The predicted octanol–water partition coefficient (Wildman–Crippen LogP) is 4.09. The van der Waals surface area contributed by atoms with E-state index in [-0.39, 0.29) is 5.92 Å². The molecule has 2 rings (SSSR count). The zero-order valence-corrected chi connectivity index (χ0v) is 12.6. The highest BCUT2D eigenvalue weighted by Gasteiger charge is 2.15. The minimum Gasteiger partial charge on any atom is -0.399 e. The Hall–Kier alpha value is -1.97. The average molecular weight is 290 g/mol. The molecule has 1 unspecified atom stereocenters. The van der Waals surface area contributed by atoms with Gasteiger partial charge < -0.3 is 5.73 Å². The van der Waals surface area contributed by atoms with E-state index >= 15 is 0 Å². The summed E-state index contributed by atoms with van der Waals surface area (Å²) in [4.78, 5) is 4.57. The molecule has 0 spiro atoms. The van der Waals surface area contributed by atoms with Crippen molar-refractivity contribution >= 4 is 5.71 Å². The van der Waals surface area contributed by atoms with Crippen LogP contribution in [0.1, 0.15) is 38.7 Å². The highest BCUT2D eigenvalue weighted by molar-refractivity contribution is 6.00. The molecule has 0 aromatic heterocycles. The largest absolute Gasteiger partial charge is 0.399 e. The first-order valence-electron chi connectivity index (χ1n) is 7.00. The molecule has 0 amide bonds. The molecule has 4 heteroatoms. The van der Waals surface area contributed by atoms with Crippen molar-refractivity contribution in [2.75, 3.05) is 6.54 Å². The maximum absolute atomic E-state index is 13.3. The van der Waals surface area contributed by atoms with E-state index in [0.717, 1.165) is 28.6 Å². The minimum absolute atomic E-state index is 0.0167. The van der Waals surface area contributed by atoms with E-state index in [4.69, 9.17) is 5.73 Å². The maximum atomic E-state index is 13.3. The van der Waals surface area contributed by atoms with Crippen LogP contribution >= 0.6 is 0 Å². The summed E-state index contributed by atoms with van der Waals surface area (Å²) < 4.78 is 26.6. The first kappa shape index (κ1) is 15.4. The second kappa shape index (κ2) is 6.20. The molecule has 0 radical (unpaired) electrons. The normalized spacial score (nSPS) is 17.2. The maximum Gasteiger partial charge on any atom is 0.126 e. The van der Waals surface area contributed by atoms with Gasteiger partial charge >= 0.3 is 0 Å². The van der Waals surface area contributed by atoms with Crippen molar-refractivity contribution in [1.29, 1.82) is 0 Å². The van der Waals surface area contributed by atoms with E-state index in [1.807, 2.05) is 26.8 Å². The Labute approximate surface area is 124 Å². The summed E-state index contributed by atoms with van der Waals surface area (Å²) in [5, 5.41) is 0. The molecule has 1 aliphatic rings. The Morgan fingerprint density at radius 3 is 2.43 bits per heavy atom. The molecule has 21 heavy (non-hydrogen) atoms. The molecule has 2 nitrogen and oxygen atoms in total. The van der Waals surface area contributed by atoms with Crippen LogP contribution in [-0.2, 0) is 0 Å². The minimum atomic E-state index is -0.548. The Balaban J connectivity index is 2.20. The lowest BCUT2D eigenvalue weighted by atomic mass is 9.92. The van der Waals surface area contributed by atoms with Crippen LogP contribution in [0.5, 0.6) is 0 Å². The summed E-state index contributed by atoms with van der Waals surface area (Å²) in [6.07, 6.45) is 2.55. The summed E-state index contributed by atoms with van der Waals surface area (Å²) in [5.41, 5.74) is 10.3. The van der Waals surface area contributed by atoms with Crippen molar-refractivity contribution in [3.63, 3.8) is 0 Å². The lowest BCUT2D eigenvalue weighted by Crippen LogP contribution is -2.07.